The number of hydrogen-bond acceptors (Lipinski definition) is 5. The molecule has 3 rings (SSSR count). The van der Waals surface area contributed by atoms with Gasteiger partial charge in [-0.15, -0.1) is 0 Å². The molecule has 1 amide bonds. The maximum Gasteiger partial charge on any atom is 0.309 e. The lowest BCUT2D eigenvalue weighted by Crippen LogP contribution is -2.43. The molecule has 0 aliphatic carbocycles. The number of likely N-dealkylation sites (tertiary alicyclic amines) is 1. The molecule has 1 heterocycles. The van der Waals surface area contributed by atoms with Gasteiger partial charge in [0.2, 0.25) is 5.91 Å². The van der Waals surface area contributed by atoms with Crippen molar-refractivity contribution in [2.75, 3.05) is 31.6 Å². The second kappa shape index (κ2) is 10.8. The minimum absolute atomic E-state index is 0.0978. The molecule has 6 nitrogen and oxygen atoms in total. The van der Waals surface area contributed by atoms with Crippen molar-refractivity contribution in [3.05, 3.63) is 60.2 Å². The number of nitrogens with zero attached hydrogens (tertiary/aromatic N) is 1. The lowest BCUT2D eigenvalue weighted by atomic mass is 9.94. The first-order valence-corrected chi connectivity index (χ1v) is 10.6. The fourth-order valence-corrected chi connectivity index (χ4v) is 3.87. The number of para-hydroxylation sites is 2. The van der Waals surface area contributed by atoms with Gasteiger partial charge in [-0.25, -0.2) is 0 Å². The molecule has 0 bridgehead atoms. The molecule has 160 valence electrons. The molecule has 1 fully saturated rings. The van der Waals surface area contributed by atoms with Crippen LogP contribution in [0.5, 0.6) is 5.75 Å². The molecular weight excluding hydrogens is 380 g/mol. The molecule has 6 heteroatoms. The quantitative estimate of drug-likeness (QED) is 0.665. The second-order valence-corrected chi connectivity index (χ2v) is 7.29. The number of esters is 1. The summed E-state index contributed by atoms with van der Waals surface area (Å²) in [6.07, 6.45) is 1.37. The van der Waals surface area contributed by atoms with Crippen LogP contribution in [0.1, 0.15) is 38.3 Å². The highest BCUT2D eigenvalue weighted by atomic mass is 16.5. The molecule has 0 saturated carbocycles. The third-order valence-corrected chi connectivity index (χ3v) is 5.32. The topological polar surface area (TPSA) is 67.9 Å². The Labute approximate surface area is 178 Å². The monoisotopic (exact) mass is 410 g/mol. The number of rotatable bonds is 8. The van der Waals surface area contributed by atoms with Crippen molar-refractivity contribution in [3.63, 3.8) is 0 Å². The highest BCUT2D eigenvalue weighted by Gasteiger charge is 2.33. The van der Waals surface area contributed by atoms with Gasteiger partial charge >= 0.3 is 5.97 Å². The minimum atomic E-state index is -0.441. The van der Waals surface area contributed by atoms with E-state index in [1.54, 1.807) is 0 Å². The van der Waals surface area contributed by atoms with Gasteiger partial charge in [-0.3, -0.25) is 14.5 Å². The first-order chi connectivity index (χ1) is 14.6. The zero-order valence-corrected chi connectivity index (χ0v) is 17.7. The van der Waals surface area contributed by atoms with Crippen LogP contribution in [0.25, 0.3) is 0 Å². The number of ether oxygens (including phenoxy) is 2. The Bertz CT molecular complexity index is 832. The summed E-state index contributed by atoms with van der Waals surface area (Å²) in [6, 6.07) is 16.8. The number of piperidine rings is 1. The summed E-state index contributed by atoms with van der Waals surface area (Å²) in [5.41, 5.74) is 1.59. The van der Waals surface area contributed by atoms with Gasteiger partial charge in [0.15, 0.2) is 0 Å². The molecule has 2 aromatic rings. The maximum absolute atomic E-state index is 13.4. The summed E-state index contributed by atoms with van der Waals surface area (Å²) >= 11 is 0. The smallest absolute Gasteiger partial charge is 0.309 e. The van der Waals surface area contributed by atoms with E-state index in [1.165, 1.54) is 0 Å². The van der Waals surface area contributed by atoms with Gasteiger partial charge < -0.3 is 14.8 Å². The maximum atomic E-state index is 13.4. The Balaban J connectivity index is 1.77. The number of anilines is 1. The normalized spacial score (nSPS) is 15.9. The predicted molar refractivity (Wildman–Crippen MR) is 116 cm³/mol. The van der Waals surface area contributed by atoms with E-state index >= 15 is 0 Å². The van der Waals surface area contributed by atoms with Gasteiger partial charge in [0, 0.05) is 13.1 Å². The van der Waals surface area contributed by atoms with Crippen molar-refractivity contribution in [1.29, 1.82) is 0 Å². The minimum Gasteiger partial charge on any atom is -0.492 e. The van der Waals surface area contributed by atoms with Crippen LogP contribution in [0.4, 0.5) is 5.69 Å². The molecule has 1 N–H and O–H groups in total. The van der Waals surface area contributed by atoms with E-state index in [-0.39, 0.29) is 17.8 Å². The Morgan fingerprint density at radius 2 is 1.67 bits per heavy atom. The molecule has 1 saturated heterocycles. The summed E-state index contributed by atoms with van der Waals surface area (Å²) in [5, 5.41) is 3.05. The molecule has 0 aromatic heterocycles. The average molecular weight is 411 g/mol. The molecule has 30 heavy (non-hydrogen) atoms. The number of hydrogen-bond donors (Lipinski definition) is 1. The summed E-state index contributed by atoms with van der Waals surface area (Å²) in [4.78, 5) is 27.6. The third-order valence-electron chi connectivity index (χ3n) is 5.32. The van der Waals surface area contributed by atoms with E-state index in [4.69, 9.17) is 9.47 Å². The lowest BCUT2D eigenvalue weighted by Gasteiger charge is -2.36. The summed E-state index contributed by atoms with van der Waals surface area (Å²) in [6.45, 7) is 5.97. The Morgan fingerprint density at radius 1 is 1.00 bits per heavy atom. The van der Waals surface area contributed by atoms with Crippen LogP contribution in [-0.4, -0.2) is 43.1 Å². The van der Waals surface area contributed by atoms with Gasteiger partial charge in [-0.1, -0.05) is 42.5 Å². The van der Waals surface area contributed by atoms with Gasteiger partial charge in [0.25, 0.3) is 0 Å². The molecular formula is C24H30N2O4. The van der Waals surface area contributed by atoms with Crippen molar-refractivity contribution in [1.82, 2.24) is 4.90 Å². The molecule has 0 spiro atoms. The standard InChI is InChI=1S/C24H30N2O4/c1-3-29-21-13-9-8-12-20(21)25-23(27)22(18-10-6-5-7-11-18)26-16-14-19(15-17-26)24(28)30-4-2/h5-13,19,22H,3-4,14-17H2,1-2H3,(H,25,27). The van der Waals surface area contributed by atoms with Crippen LogP contribution in [0.3, 0.4) is 0 Å². The van der Waals surface area contributed by atoms with E-state index < -0.39 is 6.04 Å². The van der Waals surface area contributed by atoms with Crippen molar-refractivity contribution >= 4 is 17.6 Å². The van der Waals surface area contributed by atoms with Gasteiger partial charge in [0.1, 0.15) is 11.8 Å². The van der Waals surface area contributed by atoms with Crippen LogP contribution < -0.4 is 10.1 Å². The van der Waals surface area contributed by atoms with E-state index in [0.717, 1.165) is 5.56 Å². The number of nitrogens with one attached hydrogen (secondary N) is 1. The second-order valence-electron chi connectivity index (χ2n) is 7.29. The molecule has 2 aromatic carbocycles. The predicted octanol–water partition coefficient (Wildman–Crippen LogP) is 4.04. The lowest BCUT2D eigenvalue weighted by molar-refractivity contribution is -0.149. The van der Waals surface area contributed by atoms with Crippen molar-refractivity contribution < 1.29 is 19.1 Å². The number of carbonyl (C=O) groups is 2. The van der Waals surface area contributed by atoms with Crippen molar-refractivity contribution in [3.8, 4) is 5.75 Å². The first kappa shape index (κ1) is 21.8. The molecule has 1 aliphatic rings. The fourth-order valence-electron chi connectivity index (χ4n) is 3.87. The third kappa shape index (κ3) is 5.39. The van der Waals surface area contributed by atoms with Crippen LogP contribution in [-0.2, 0) is 14.3 Å². The Morgan fingerprint density at radius 3 is 2.33 bits per heavy atom. The zero-order chi connectivity index (χ0) is 21.3. The summed E-state index contributed by atoms with van der Waals surface area (Å²) < 4.78 is 10.8. The van der Waals surface area contributed by atoms with Gasteiger partial charge in [0.05, 0.1) is 24.8 Å². The van der Waals surface area contributed by atoms with E-state index in [1.807, 2.05) is 68.4 Å². The molecule has 1 unspecified atom stereocenters. The molecule has 1 atom stereocenters. The fraction of sp³-hybridized carbons (Fsp3) is 0.417. The Kier molecular flexibility index (Phi) is 7.85. The Hall–Kier alpha value is -2.86. The van der Waals surface area contributed by atoms with Gasteiger partial charge in [-0.05, 0) is 44.4 Å². The van der Waals surface area contributed by atoms with Crippen molar-refractivity contribution in [2.45, 2.75) is 32.7 Å². The van der Waals surface area contributed by atoms with Gasteiger partial charge in [-0.2, -0.15) is 0 Å². The van der Waals surface area contributed by atoms with Crippen molar-refractivity contribution in [2.24, 2.45) is 5.92 Å². The number of carbonyl (C=O) groups excluding carboxylic acids is 2. The van der Waals surface area contributed by atoms with Crippen LogP contribution in [0, 0.1) is 5.92 Å². The summed E-state index contributed by atoms with van der Waals surface area (Å²) in [7, 11) is 0. The summed E-state index contributed by atoms with van der Waals surface area (Å²) in [5.74, 6) is 0.312. The number of benzene rings is 2. The average Bonchev–Trinajstić information content (AvgIpc) is 2.77. The van der Waals surface area contributed by atoms with E-state index in [0.29, 0.717) is 50.6 Å². The largest absolute Gasteiger partial charge is 0.492 e. The SMILES string of the molecule is CCOC(=O)C1CCN(C(C(=O)Nc2ccccc2OCC)c2ccccc2)CC1. The van der Waals surface area contributed by atoms with Crippen LogP contribution in [0.15, 0.2) is 54.6 Å². The zero-order valence-electron chi connectivity index (χ0n) is 17.7. The van der Waals surface area contributed by atoms with Crippen LogP contribution >= 0.6 is 0 Å². The molecule has 0 radical (unpaired) electrons. The van der Waals surface area contributed by atoms with Crippen LogP contribution in [0.2, 0.25) is 0 Å². The first-order valence-electron chi connectivity index (χ1n) is 10.6. The van der Waals surface area contributed by atoms with E-state index in [9.17, 15) is 9.59 Å². The highest BCUT2D eigenvalue weighted by molar-refractivity contribution is 5.96. The number of amides is 1. The highest BCUT2D eigenvalue weighted by Crippen LogP contribution is 2.30. The van der Waals surface area contributed by atoms with E-state index in [2.05, 4.69) is 10.2 Å². The molecule has 1 aliphatic heterocycles.